The van der Waals surface area contributed by atoms with Crippen molar-refractivity contribution in [2.75, 3.05) is 26.2 Å². The van der Waals surface area contributed by atoms with Gasteiger partial charge in [0, 0.05) is 26.1 Å². The molecule has 2 atom stereocenters. The van der Waals surface area contributed by atoms with Crippen LogP contribution in [0.15, 0.2) is 89.7 Å². The number of carbonyl (C=O) groups excluding carboxylic acids is 1. The lowest BCUT2D eigenvalue weighted by atomic mass is 10.0. The van der Waals surface area contributed by atoms with Crippen molar-refractivity contribution in [2.24, 2.45) is 0 Å². The van der Waals surface area contributed by atoms with Crippen LogP contribution in [0.25, 0.3) is 22.0 Å². The molecule has 0 spiro atoms. The molecular weight excluding hydrogens is 802 g/mol. The van der Waals surface area contributed by atoms with Crippen LogP contribution in [0.2, 0.25) is 0 Å². The molecule has 1 heterocycles. The summed E-state index contributed by atoms with van der Waals surface area (Å²) in [4.78, 5) is 54.8. The topological polar surface area (TPSA) is 174 Å². The highest BCUT2D eigenvalue weighted by Gasteiger charge is 2.30. The molecule has 0 aliphatic rings. The summed E-state index contributed by atoms with van der Waals surface area (Å²) in [5.41, 5.74) is 1.54. The largest absolute Gasteiger partial charge is 0.479 e. The Kier molecular flexibility index (Phi) is 16.1. The van der Waals surface area contributed by atoms with Crippen LogP contribution in [-0.2, 0) is 46.5 Å². The number of aromatic nitrogens is 2. The van der Waals surface area contributed by atoms with Crippen LogP contribution >= 0.6 is 0 Å². The molecule has 0 aliphatic carbocycles. The normalized spacial score (nSPS) is 12.4. The molecule has 0 radical (unpaired) electrons. The maximum atomic E-state index is 14.1. The summed E-state index contributed by atoms with van der Waals surface area (Å²) in [6.45, 7) is 6.65. The first-order chi connectivity index (χ1) is 28.3. The second-order valence-electron chi connectivity index (χ2n) is 13.5. The lowest BCUT2D eigenvalue weighted by Crippen LogP contribution is -2.40. The summed E-state index contributed by atoms with van der Waals surface area (Å²) in [5, 5.41) is 32.8. The van der Waals surface area contributed by atoms with Gasteiger partial charge < -0.3 is 34.8 Å². The van der Waals surface area contributed by atoms with Gasteiger partial charge in [0.1, 0.15) is 12.4 Å². The fourth-order valence-corrected chi connectivity index (χ4v) is 6.12. The molecule has 60 heavy (non-hydrogen) atoms. The summed E-state index contributed by atoms with van der Waals surface area (Å²) < 4.78 is 82.1. The number of benzene rings is 4. The van der Waals surface area contributed by atoms with Crippen molar-refractivity contribution in [3.05, 3.63) is 135 Å². The number of aryl methyl sites for hydroxylation is 2. The van der Waals surface area contributed by atoms with E-state index in [1.165, 1.54) is 12.1 Å². The van der Waals surface area contributed by atoms with Crippen LogP contribution in [-0.4, -0.2) is 96.0 Å². The number of nitrogens with zero attached hydrogens (tertiary/aromatic N) is 4. The van der Waals surface area contributed by atoms with Crippen LogP contribution in [0.5, 0.6) is 0 Å². The number of para-hydroxylation sites is 1. The monoisotopic (exact) mass is 844 g/mol. The molecular formula is C42H42F6N4O8. The zero-order chi connectivity index (χ0) is 44.3. The molecule has 0 unspecified atom stereocenters. The van der Waals surface area contributed by atoms with Gasteiger partial charge in [-0.2, -0.15) is 18.2 Å². The van der Waals surface area contributed by atoms with E-state index in [1.807, 2.05) is 26.0 Å². The van der Waals surface area contributed by atoms with Crippen LogP contribution in [0.3, 0.4) is 0 Å². The zero-order valence-corrected chi connectivity index (χ0v) is 32.4. The van der Waals surface area contributed by atoms with Gasteiger partial charge in [0.15, 0.2) is 29.7 Å². The van der Waals surface area contributed by atoms with Crippen molar-refractivity contribution in [3.63, 3.8) is 0 Å². The van der Waals surface area contributed by atoms with E-state index in [1.54, 1.807) is 45.9 Å². The van der Waals surface area contributed by atoms with Crippen LogP contribution in [0.4, 0.5) is 26.3 Å². The van der Waals surface area contributed by atoms with Crippen LogP contribution in [0.1, 0.15) is 36.4 Å². The maximum absolute atomic E-state index is 14.1. The average molecular weight is 845 g/mol. The number of aliphatic hydroxyl groups is 2. The SMILES string of the molecule is CCN(CC)CCN(Cc1ccc(-c2ccc(C(F)(F)F)cc2)cc1)C(=O)Cn1c(CCc2cc(F)c(F)c(F)c2)nc(=O)c2ccccc21.O=C(O)[C@H](O)[C@@H](O)C(=O)O. The number of fused-ring (bicyclic) bond motifs is 1. The van der Waals surface area contributed by atoms with Gasteiger partial charge in [-0.3, -0.25) is 9.59 Å². The van der Waals surface area contributed by atoms with E-state index >= 15 is 0 Å². The summed E-state index contributed by atoms with van der Waals surface area (Å²) in [6, 6.07) is 20.7. The Labute approximate surface area is 339 Å². The van der Waals surface area contributed by atoms with E-state index in [0.29, 0.717) is 29.6 Å². The first-order valence-corrected chi connectivity index (χ1v) is 18.5. The maximum Gasteiger partial charge on any atom is 0.416 e. The molecule has 0 fully saturated rings. The Bertz CT molecular complexity index is 2290. The van der Waals surface area contributed by atoms with Crippen molar-refractivity contribution >= 4 is 28.7 Å². The molecule has 1 amide bonds. The van der Waals surface area contributed by atoms with Gasteiger partial charge in [0.25, 0.3) is 5.56 Å². The Morgan fingerprint density at radius 3 is 1.80 bits per heavy atom. The van der Waals surface area contributed by atoms with Gasteiger partial charge in [-0.15, -0.1) is 0 Å². The smallest absolute Gasteiger partial charge is 0.416 e. The van der Waals surface area contributed by atoms with Crippen molar-refractivity contribution in [1.82, 2.24) is 19.4 Å². The third-order valence-corrected chi connectivity index (χ3v) is 9.55. The molecule has 5 rings (SSSR count). The minimum absolute atomic E-state index is 0.0318. The first-order valence-electron chi connectivity index (χ1n) is 18.5. The quantitative estimate of drug-likeness (QED) is 0.0731. The highest BCUT2D eigenvalue weighted by Crippen LogP contribution is 2.31. The van der Waals surface area contributed by atoms with Crippen molar-refractivity contribution in [1.29, 1.82) is 0 Å². The molecule has 320 valence electrons. The molecule has 0 bridgehead atoms. The Morgan fingerprint density at radius 1 is 0.750 bits per heavy atom. The second kappa shape index (κ2) is 20.7. The van der Waals surface area contributed by atoms with E-state index < -0.39 is 58.9 Å². The highest BCUT2D eigenvalue weighted by molar-refractivity contribution is 5.83. The van der Waals surface area contributed by atoms with Crippen LogP contribution < -0.4 is 5.56 Å². The Morgan fingerprint density at radius 2 is 1.28 bits per heavy atom. The molecule has 5 aromatic rings. The number of alkyl halides is 3. The number of carboxylic acids is 2. The number of halogens is 6. The molecule has 4 aromatic carbocycles. The van der Waals surface area contributed by atoms with Crippen molar-refractivity contribution in [3.8, 4) is 11.1 Å². The zero-order valence-electron chi connectivity index (χ0n) is 32.4. The van der Waals surface area contributed by atoms with Crippen molar-refractivity contribution < 1.29 is 61.2 Å². The third-order valence-electron chi connectivity index (χ3n) is 9.55. The van der Waals surface area contributed by atoms with Gasteiger partial charge in [0.05, 0.1) is 16.5 Å². The van der Waals surface area contributed by atoms with Gasteiger partial charge in [-0.25, -0.2) is 22.8 Å². The number of carboxylic acid groups (broad SMARTS) is 2. The second-order valence-corrected chi connectivity index (χ2v) is 13.5. The van der Waals surface area contributed by atoms with E-state index in [2.05, 4.69) is 9.88 Å². The van der Waals surface area contributed by atoms with Gasteiger partial charge in [-0.05, 0) is 78.2 Å². The molecule has 18 heteroatoms. The number of hydrogen-bond donors (Lipinski definition) is 4. The van der Waals surface area contributed by atoms with E-state index in [4.69, 9.17) is 20.4 Å². The predicted molar refractivity (Wildman–Crippen MR) is 207 cm³/mol. The molecule has 0 saturated heterocycles. The number of carbonyl (C=O) groups is 3. The van der Waals surface area contributed by atoms with Gasteiger partial charge in [0.2, 0.25) is 5.91 Å². The fourth-order valence-electron chi connectivity index (χ4n) is 6.12. The molecule has 0 aliphatic heterocycles. The van der Waals surface area contributed by atoms with Crippen LogP contribution in [0, 0.1) is 17.5 Å². The minimum atomic E-state index is -4.43. The lowest BCUT2D eigenvalue weighted by molar-refractivity contribution is -0.165. The fraction of sp³-hybridized carbons (Fsp3) is 0.310. The molecule has 4 N–H and O–H groups in total. The summed E-state index contributed by atoms with van der Waals surface area (Å²) in [6.07, 6.45) is -8.88. The first kappa shape index (κ1) is 46.6. The summed E-state index contributed by atoms with van der Waals surface area (Å²) in [5.74, 6) is -7.79. The number of aliphatic carboxylic acids is 2. The highest BCUT2D eigenvalue weighted by atomic mass is 19.4. The molecule has 0 saturated carbocycles. The number of aliphatic hydroxyl groups excluding tert-OH is 2. The average Bonchev–Trinajstić information content (AvgIpc) is 3.22. The Hall–Kier alpha value is -6.11. The standard InChI is InChI=1S/C38H36F6N4O2.C4H6O6/c1-3-46(4-2)19-20-47(23-25-9-12-27(13-10-25)28-14-16-29(17-15-28)38(42,43)44)35(49)24-48-33-8-6-5-7-30(33)37(50)45-34(48)18-11-26-21-31(39)36(41)32(40)22-26;5-1(3(7)8)2(6)4(9)10/h5-10,12-17,21-22H,3-4,11,18-20,23-24H2,1-2H3;1-2,5-6H,(H,7,8)(H,9,10)/t;1-,2-/m.1/s1. The number of rotatable bonds is 16. The molecule has 1 aromatic heterocycles. The summed E-state index contributed by atoms with van der Waals surface area (Å²) in [7, 11) is 0. The summed E-state index contributed by atoms with van der Waals surface area (Å²) >= 11 is 0. The van der Waals surface area contributed by atoms with Crippen molar-refractivity contribution in [2.45, 2.75) is 58.2 Å². The lowest BCUT2D eigenvalue weighted by Gasteiger charge is -2.28. The van der Waals surface area contributed by atoms with Gasteiger partial charge >= 0.3 is 18.1 Å². The Balaban J connectivity index is 0.000000703. The number of likely N-dealkylation sites (N-methyl/N-ethyl adjacent to an activating group) is 1. The number of amides is 1. The van der Waals surface area contributed by atoms with E-state index in [-0.39, 0.29) is 43.2 Å². The number of hydrogen-bond acceptors (Lipinski definition) is 8. The van der Waals surface area contributed by atoms with Gasteiger partial charge in [-0.1, -0.05) is 62.4 Å². The molecule has 12 nitrogen and oxygen atoms in total. The van der Waals surface area contributed by atoms with E-state index in [0.717, 1.165) is 48.5 Å². The third kappa shape index (κ3) is 12.2. The predicted octanol–water partition coefficient (Wildman–Crippen LogP) is 5.53. The van der Waals surface area contributed by atoms with E-state index in [9.17, 15) is 45.5 Å². The minimum Gasteiger partial charge on any atom is -0.479 e.